The van der Waals surface area contributed by atoms with Crippen molar-refractivity contribution in [2.45, 2.75) is 27.0 Å². The van der Waals surface area contributed by atoms with E-state index in [1.165, 1.54) is 0 Å². The Hall–Kier alpha value is -0.780. The molecule has 0 aliphatic rings. The topological polar surface area (TPSA) is 24.5 Å². The Morgan fingerprint density at radius 2 is 1.81 bits per heavy atom. The maximum atomic E-state index is 6.07. The highest BCUT2D eigenvalue weighted by Crippen LogP contribution is 2.26. The molecule has 0 amide bonds. The van der Waals surface area contributed by atoms with Gasteiger partial charge in [0.25, 0.3) is 0 Å². The monoisotopic (exact) mass is 458 g/mol. The van der Waals surface area contributed by atoms with E-state index in [0.717, 1.165) is 54.1 Å². The molecule has 0 aliphatic carbocycles. The summed E-state index contributed by atoms with van der Waals surface area (Å²) in [6, 6.07) is 11.6. The van der Waals surface area contributed by atoms with Gasteiger partial charge in [0.1, 0.15) is 12.4 Å². The van der Waals surface area contributed by atoms with Gasteiger partial charge in [-0.1, -0.05) is 59.0 Å². The molecule has 0 atom stereocenters. The van der Waals surface area contributed by atoms with Crippen LogP contribution in [0, 0.1) is 0 Å². The molecular formula is C20H25BrCl2N2O. The first-order valence-electron chi connectivity index (χ1n) is 8.81. The minimum absolute atomic E-state index is 0.449. The van der Waals surface area contributed by atoms with Crippen LogP contribution >= 0.6 is 39.1 Å². The zero-order chi connectivity index (χ0) is 18.9. The molecule has 1 N–H and O–H groups in total. The number of benzene rings is 2. The Morgan fingerprint density at radius 1 is 1.04 bits per heavy atom. The van der Waals surface area contributed by atoms with Crippen molar-refractivity contribution < 1.29 is 4.74 Å². The van der Waals surface area contributed by atoms with Crippen LogP contribution in [0.3, 0.4) is 0 Å². The van der Waals surface area contributed by atoms with E-state index in [1.807, 2.05) is 24.3 Å². The van der Waals surface area contributed by atoms with Crippen LogP contribution in [0.25, 0.3) is 0 Å². The lowest BCUT2D eigenvalue weighted by atomic mass is 10.2. The number of rotatable bonds is 10. The number of hydrogen-bond acceptors (Lipinski definition) is 3. The van der Waals surface area contributed by atoms with Gasteiger partial charge in [-0.15, -0.1) is 0 Å². The van der Waals surface area contributed by atoms with Gasteiger partial charge in [-0.05, 0) is 49.0 Å². The maximum absolute atomic E-state index is 6.07. The van der Waals surface area contributed by atoms with Gasteiger partial charge in [0.05, 0.1) is 10.0 Å². The van der Waals surface area contributed by atoms with Gasteiger partial charge < -0.3 is 15.0 Å². The molecule has 3 nitrogen and oxygen atoms in total. The van der Waals surface area contributed by atoms with Gasteiger partial charge in [0.15, 0.2) is 0 Å². The van der Waals surface area contributed by atoms with Gasteiger partial charge in [-0.3, -0.25) is 0 Å². The molecule has 2 aromatic carbocycles. The fourth-order valence-electron chi connectivity index (χ4n) is 2.62. The summed E-state index contributed by atoms with van der Waals surface area (Å²) < 4.78 is 7.06. The predicted molar refractivity (Wildman–Crippen MR) is 114 cm³/mol. The minimum atomic E-state index is 0.449. The third-order valence-corrected chi connectivity index (χ3v) is 5.45. The molecule has 142 valence electrons. The van der Waals surface area contributed by atoms with Crippen molar-refractivity contribution in [1.29, 1.82) is 0 Å². The van der Waals surface area contributed by atoms with E-state index in [2.05, 4.69) is 46.1 Å². The van der Waals surface area contributed by atoms with Crippen molar-refractivity contribution in [3.63, 3.8) is 0 Å². The van der Waals surface area contributed by atoms with E-state index >= 15 is 0 Å². The van der Waals surface area contributed by atoms with Crippen molar-refractivity contribution in [3.05, 3.63) is 62.0 Å². The summed E-state index contributed by atoms with van der Waals surface area (Å²) in [4.78, 5) is 2.40. The average molecular weight is 460 g/mol. The summed E-state index contributed by atoms with van der Waals surface area (Å²) in [5.41, 5.74) is 2.11. The smallest absolute Gasteiger partial charge is 0.124 e. The first-order chi connectivity index (χ1) is 12.5. The normalized spacial score (nSPS) is 11.2. The molecule has 0 heterocycles. The lowest BCUT2D eigenvalue weighted by Crippen LogP contribution is -2.31. The van der Waals surface area contributed by atoms with Crippen LogP contribution in [0.4, 0.5) is 0 Å². The van der Waals surface area contributed by atoms with E-state index in [1.54, 1.807) is 6.07 Å². The van der Waals surface area contributed by atoms with Crippen LogP contribution in [-0.4, -0.2) is 31.1 Å². The molecule has 0 unspecified atom stereocenters. The molecule has 0 spiro atoms. The number of hydrogen-bond donors (Lipinski definition) is 1. The van der Waals surface area contributed by atoms with Crippen molar-refractivity contribution in [2.75, 3.05) is 26.2 Å². The number of nitrogens with one attached hydrogen (secondary N) is 1. The van der Waals surface area contributed by atoms with E-state index in [-0.39, 0.29) is 0 Å². The summed E-state index contributed by atoms with van der Waals surface area (Å²) in [5, 5.41) is 4.60. The lowest BCUT2D eigenvalue weighted by Gasteiger charge is -2.18. The molecule has 2 rings (SSSR count). The first-order valence-corrected chi connectivity index (χ1v) is 10.4. The van der Waals surface area contributed by atoms with Crippen LogP contribution in [0.2, 0.25) is 10.0 Å². The van der Waals surface area contributed by atoms with Gasteiger partial charge in [-0.25, -0.2) is 0 Å². The van der Waals surface area contributed by atoms with Crippen molar-refractivity contribution in [1.82, 2.24) is 10.2 Å². The molecule has 6 heteroatoms. The van der Waals surface area contributed by atoms with Gasteiger partial charge in [0.2, 0.25) is 0 Å². The number of ether oxygens (including phenoxy) is 1. The second-order valence-corrected chi connectivity index (χ2v) is 7.72. The highest BCUT2D eigenvalue weighted by molar-refractivity contribution is 9.10. The Balaban J connectivity index is 1.94. The fraction of sp³-hybridized carbons (Fsp3) is 0.400. The van der Waals surface area contributed by atoms with Gasteiger partial charge in [0, 0.05) is 29.7 Å². The SMILES string of the molecule is CCN(CC)CCNCc1cc(Br)ccc1OCc1ccc(Cl)c(Cl)c1. The second kappa shape index (κ2) is 11.2. The van der Waals surface area contributed by atoms with Crippen LogP contribution in [-0.2, 0) is 13.2 Å². The van der Waals surface area contributed by atoms with E-state index < -0.39 is 0 Å². The minimum Gasteiger partial charge on any atom is -0.489 e. The van der Waals surface area contributed by atoms with Crippen molar-refractivity contribution in [2.24, 2.45) is 0 Å². The molecular weight excluding hydrogens is 435 g/mol. The van der Waals surface area contributed by atoms with Crippen LogP contribution in [0.15, 0.2) is 40.9 Å². The third-order valence-electron chi connectivity index (χ3n) is 4.22. The van der Waals surface area contributed by atoms with Crippen molar-refractivity contribution in [3.8, 4) is 5.75 Å². The first kappa shape index (κ1) is 21.5. The summed E-state index contributed by atoms with van der Waals surface area (Å²) in [7, 11) is 0. The molecule has 0 saturated heterocycles. The Labute approximate surface area is 174 Å². The summed E-state index contributed by atoms with van der Waals surface area (Å²) in [6.07, 6.45) is 0. The highest BCUT2D eigenvalue weighted by atomic mass is 79.9. The third kappa shape index (κ3) is 6.75. The molecule has 0 saturated carbocycles. The van der Waals surface area contributed by atoms with E-state index in [0.29, 0.717) is 16.7 Å². The number of nitrogens with zero attached hydrogens (tertiary/aromatic N) is 1. The Bertz CT molecular complexity index is 708. The molecule has 2 aromatic rings. The standard InChI is InChI=1S/C20H25BrCl2N2O/c1-3-25(4-2)10-9-24-13-16-12-17(21)6-8-20(16)26-14-15-5-7-18(22)19(23)11-15/h5-8,11-12,24H,3-4,9-10,13-14H2,1-2H3. The van der Waals surface area contributed by atoms with Crippen LogP contribution in [0.5, 0.6) is 5.75 Å². The molecule has 0 bridgehead atoms. The second-order valence-electron chi connectivity index (χ2n) is 5.99. The Morgan fingerprint density at radius 3 is 2.50 bits per heavy atom. The molecule has 26 heavy (non-hydrogen) atoms. The average Bonchev–Trinajstić information content (AvgIpc) is 2.64. The molecule has 0 radical (unpaired) electrons. The fourth-order valence-corrected chi connectivity index (χ4v) is 3.35. The van der Waals surface area contributed by atoms with Gasteiger partial charge >= 0.3 is 0 Å². The van der Waals surface area contributed by atoms with Crippen LogP contribution < -0.4 is 10.1 Å². The summed E-state index contributed by atoms with van der Waals surface area (Å²) in [5.74, 6) is 0.870. The maximum Gasteiger partial charge on any atom is 0.124 e. The van der Waals surface area contributed by atoms with Gasteiger partial charge in [-0.2, -0.15) is 0 Å². The Kier molecular flexibility index (Phi) is 9.23. The molecule has 0 fully saturated rings. The zero-order valence-electron chi connectivity index (χ0n) is 15.2. The summed E-state index contributed by atoms with van der Waals surface area (Å²) >= 11 is 15.6. The van der Waals surface area contributed by atoms with E-state index in [9.17, 15) is 0 Å². The predicted octanol–water partition coefficient (Wildman–Crippen LogP) is 5.77. The molecule has 0 aromatic heterocycles. The van der Waals surface area contributed by atoms with Crippen molar-refractivity contribution >= 4 is 39.1 Å². The lowest BCUT2D eigenvalue weighted by molar-refractivity contribution is 0.295. The number of likely N-dealkylation sites (N-methyl/N-ethyl adjacent to an activating group) is 1. The summed E-state index contributed by atoms with van der Waals surface area (Å²) in [6.45, 7) is 9.73. The molecule has 0 aliphatic heterocycles. The largest absolute Gasteiger partial charge is 0.489 e. The highest BCUT2D eigenvalue weighted by Gasteiger charge is 2.07. The quantitative estimate of drug-likeness (QED) is 0.456. The zero-order valence-corrected chi connectivity index (χ0v) is 18.3. The number of halogens is 3. The van der Waals surface area contributed by atoms with E-state index in [4.69, 9.17) is 27.9 Å². The van der Waals surface area contributed by atoms with Crippen LogP contribution in [0.1, 0.15) is 25.0 Å².